The number of carbonyl (C=O) groups excluding carboxylic acids is 2. The Morgan fingerprint density at radius 3 is 2.27 bits per heavy atom. The van der Waals surface area contributed by atoms with Gasteiger partial charge in [-0.05, 0) is 24.6 Å². The van der Waals surface area contributed by atoms with E-state index in [-0.39, 0.29) is 5.12 Å². The van der Waals surface area contributed by atoms with Crippen LogP contribution in [-0.2, 0) is 4.79 Å². The van der Waals surface area contributed by atoms with E-state index in [1.165, 1.54) is 18.7 Å². The van der Waals surface area contributed by atoms with Crippen LogP contribution in [0.1, 0.15) is 40.0 Å². The molecule has 2 nitrogen and oxygen atoms in total. The third-order valence-corrected chi connectivity index (χ3v) is 2.20. The highest BCUT2D eigenvalue weighted by molar-refractivity contribution is 8.13. The van der Waals surface area contributed by atoms with Crippen LogP contribution in [0.3, 0.4) is 0 Å². The van der Waals surface area contributed by atoms with Crippen LogP contribution in [0.5, 0.6) is 0 Å². The van der Waals surface area contributed by atoms with E-state index in [2.05, 4.69) is 12.6 Å². The fraction of sp³-hybridized carbons (Fsp3) is 0.800. The molecule has 0 aliphatic heterocycles. The molecule has 0 heterocycles. The topological polar surface area (TPSA) is 38.5 Å². The first kappa shape index (κ1) is 17.4. The zero-order valence-electron chi connectivity index (χ0n) is 9.49. The monoisotopic (exact) mass is 255 g/mol. The lowest BCUT2D eigenvalue weighted by Gasteiger charge is -2.02. The van der Waals surface area contributed by atoms with Crippen LogP contribution in [-0.4, -0.2) is 26.9 Å². The van der Waals surface area contributed by atoms with Gasteiger partial charge in [-0.3, -0.25) is 9.59 Å². The minimum absolute atomic E-state index is 0.139. The normalized spacial score (nSPS) is 11.3. The van der Waals surface area contributed by atoms with Crippen LogP contribution in [0.4, 0.5) is 4.39 Å². The first-order chi connectivity index (χ1) is 6.90. The van der Waals surface area contributed by atoms with Crippen molar-refractivity contribution < 1.29 is 14.0 Å². The van der Waals surface area contributed by atoms with Crippen molar-refractivity contribution in [1.29, 1.82) is 0 Å². The third-order valence-electron chi connectivity index (χ3n) is 1.34. The van der Waals surface area contributed by atoms with Gasteiger partial charge in [0, 0.05) is 12.7 Å². The van der Waals surface area contributed by atoms with Crippen molar-refractivity contribution in [2.75, 3.05) is 5.75 Å². The molecule has 1 N–H and O–H groups in total. The fourth-order valence-corrected chi connectivity index (χ4v) is 1.46. The lowest BCUT2D eigenvalue weighted by Crippen LogP contribution is -2.01. The summed E-state index contributed by atoms with van der Waals surface area (Å²) in [7, 11) is 0. The number of thioether (sulfide) groups is 1. The molecule has 0 rings (SSSR count). The summed E-state index contributed by atoms with van der Waals surface area (Å²) in [4.78, 5) is 18.1. The highest BCUT2D eigenvalue weighted by Gasteiger charge is 2.07. The van der Waals surface area contributed by atoms with Gasteiger partial charge in [0.1, 0.15) is 6.17 Å². The molecule has 0 bridgehead atoms. The summed E-state index contributed by atoms with van der Waals surface area (Å²) in [5.41, 5.74) is 0. The van der Waals surface area contributed by atoms with Crippen LogP contribution in [0.25, 0.3) is 0 Å². The summed E-state index contributed by atoms with van der Waals surface area (Å²) < 4.78 is 12.7. The fourth-order valence-electron chi connectivity index (χ4n) is 0.792. The molecule has 0 aromatic rings. The maximum Gasteiger partial charge on any atom is 0.347 e. The highest BCUT2D eigenvalue weighted by Crippen LogP contribution is 2.11. The Morgan fingerprint density at radius 1 is 1.47 bits per heavy atom. The predicted molar refractivity (Wildman–Crippen MR) is 69.2 cm³/mol. The van der Waals surface area contributed by atoms with Gasteiger partial charge >= 0.3 is 5.12 Å². The number of carbonyl (C=O) groups is 1. The van der Waals surface area contributed by atoms with E-state index in [4.69, 9.17) is 4.79 Å². The van der Waals surface area contributed by atoms with Crippen molar-refractivity contribution in [3.05, 3.63) is 0 Å². The number of hydrogen-bond donors (Lipinski definition) is 1. The van der Waals surface area contributed by atoms with Crippen molar-refractivity contribution in [3.8, 4) is 0 Å². The number of thiol groups is 1. The summed E-state index contributed by atoms with van der Waals surface area (Å²) in [6.45, 7) is 4.99. The lowest BCUT2D eigenvalue weighted by atomic mass is 10.2. The number of alkyl halides is 1. The van der Waals surface area contributed by atoms with Crippen molar-refractivity contribution in [3.63, 3.8) is 0 Å². The highest BCUT2D eigenvalue weighted by atomic mass is 32.2. The molecule has 0 aromatic heterocycles. The Labute approximate surface area is 101 Å². The van der Waals surface area contributed by atoms with Gasteiger partial charge in [0.15, 0.2) is 5.12 Å². The Hall–Kier alpha value is -0.0300. The molecule has 1 unspecified atom stereocenters. The Kier molecular flexibility index (Phi) is 13.9. The van der Waals surface area contributed by atoms with Gasteiger partial charge in [-0.15, -0.1) is 12.6 Å². The van der Waals surface area contributed by atoms with Gasteiger partial charge in [-0.2, -0.15) is 0 Å². The second-order valence-electron chi connectivity index (χ2n) is 3.06. The number of rotatable bonds is 5. The Bertz CT molecular complexity index is 182. The molecule has 0 spiro atoms. The molecule has 5 heteroatoms. The molecule has 90 valence electrons. The van der Waals surface area contributed by atoms with Gasteiger partial charge < -0.3 is 0 Å². The summed E-state index contributed by atoms with van der Waals surface area (Å²) in [6.07, 6.45) is 1.40. The summed E-state index contributed by atoms with van der Waals surface area (Å²) in [6, 6.07) is 0. The van der Waals surface area contributed by atoms with Crippen LogP contribution in [0, 0.1) is 0 Å². The minimum atomic E-state index is -0.688. The van der Waals surface area contributed by atoms with Crippen molar-refractivity contribution >= 4 is 34.6 Å². The molecule has 0 saturated heterocycles. The molecule has 15 heavy (non-hydrogen) atoms. The zero-order valence-corrected chi connectivity index (χ0v) is 11.2. The molecular formula is C10H20FO2S2+. The quantitative estimate of drug-likeness (QED) is 0.605. The van der Waals surface area contributed by atoms with E-state index in [0.717, 1.165) is 6.42 Å². The second-order valence-corrected chi connectivity index (χ2v) is 4.98. The smallest absolute Gasteiger partial charge is 0.288 e. The van der Waals surface area contributed by atoms with Crippen molar-refractivity contribution in [2.24, 2.45) is 0 Å². The largest absolute Gasteiger partial charge is 0.347 e. The molecule has 0 aliphatic rings. The molecule has 0 aliphatic carbocycles. The second kappa shape index (κ2) is 12.0. The third kappa shape index (κ3) is 24.9. The summed E-state index contributed by atoms with van der Waals surface area (Å²) >= 11 is 4.64. The van der Waals surface area contributed by atoms with Gasteiger partial charge in [0.25, 0.3) is 0 Å². The first-order valence-electron chi connectivity index (χ1n) is 4.89. The van der Waals surface area contributed by atoms with Crippen LogP contribution in [0.2, 0.25) is 0 Å². The molecule has 0 fully saturated rings. The standard InChI is InChI=1S/C8H15FOS.C2H4OS/c1-3-4-8(9)5-6-11-7(2)10;1-2(3)4/h8H,3-6H2,1-2H3;1H3,(H,3,4)/p+1. The molecule has 0 aromatic carbocycles. The summed E-state index contributed by atoms with van der Waals surface area (Å²) in [5, 5.41) is 0.189. The van der Waals surface area contributed by atoms with Gasteiger partial charge in [0.05, 0.1) is 6.92 Å². The van der Waals surface area contributed by atoms with E-state index in [1.54, 1.807) is 6.92 Å². The average Bonchev–Trinajstić information content (AvgIpc) is 2.02. The van der Waals surface area contributed by atoms with Crippen LogP contribution < -0.4 is 0 Å². The van der Waals surface area contributed by atoms with E-state index in [9.17, 15) is 9.18 Å². The maximum absolute atomic E-state index is 12.7. The van der Waals surface area contributed by atoms with Crippen LogP contribution >= 0.6 is 24.4 Å². The van der Waals surface area contributed by atoms with Gasteiger partial charge in [-0.1, -0.05) is 13.3 Å². The SMILES string of the molecule is CC(=O)S.CCCC(F)CCSC(C)=[OH+]. The molecule has 0 radical (unpaired) electrons. The van der Waals surface area contributed by atoms with Gasteiger partial charge in [0.2, 0.25) is 0 Å². The van der Waals surface area contributed by atoms with Crippen molar-refractivity contribution in [2.45, 2.75) is 46.2 Å². The molecule has 1 atom stereocenters. The van der Waals surface area contributed by atoms with Crippen molar-refractivity contribution in [1.82, 2.24) is 0 Å². The molecule has 0 saturated carbocycles. The number of hydrogen-bond acceptors (Lipinski definition) is 2. The zero-order chi connectivity index (χ0) is 12.3. The average molecular weight is 255 g/mol. The van der Waals surface area contributed by atoms with E-state index in [0.29, 0.717) is 23.7 Å². The number of halogens is 1. The lowest BCUT2D eigenvalue weighted by molar-refractivity contribution is -0.108. The Balaban J connectivity index is 0. The summed E-state index contributed by atoms with van der Waals surface area (Å²) in [5.74, 6) is 0.684. The Morgan fingerprint density at radius 2 is 1.93 bits per heavy atom. The maximum atomic E-state index is 12.7. The first-order valence-corrected chi connectivity index (χ1v) is 6.32. The van der Waals surface area contributed by atoms with E-state index >= 15 is 0 Å². The molecular weight excluding hydrogens is 235 g/mol. The minimum Gasteiger partial charge on any atom is -0.288 e. The van der Waals surface area contributed by atoms with E-state index in [1.807, 2.05) is 6.92 Å². The molecule has 0 amide bonds. The van der Waals surface area contributed by atoms with Gasteiger partial charge in [-0.25, -0.2) is 4.39 Å². The predicted octanol–water partition coefficient (Wildman–Crippen LogP) is 3.23. The van der Waals surface area contributed by atoms with E-state index < -0.39 is 6.17 Å². The van der Waals surface area contributed by atoms with Crippen LogP contribution in [0.15, 0.2) is 0 Å².